The van der Waals surface area contributed by atoms with Crippen molar-refractivity contribution in [3.8, 4) is 0 Å². The van der Waals surface area contributed by atoms with Crippen LogP contribution in [0.4, 0.5) is 0 Å². The second-order valence-corrected chi connectivity index (χ2v) is 12.7. The lowest BCUT2D eigenvalue weighted by molar-refractivity contribution is 0.462. The van der Waals surface area contributed by atoms with Crippen LogP contribution >= 0.6 is 11.3 Å². The molecule has 0 radical (unpaired) electrons. The van der Waals surface area contributed by atoms with E-state index >= 15 is 0 Å². The Hall–Kier alpha value is -0.960. The van der Waals surface area contributed by atoms with E-state index in [1.165, 1.54) is 137 Å². The van der Waals surface area contributed by atoms with E-state index in [1.807, 2.05) is 11.3 Å². The molecule has 3 heteroatoms. The Bertz CT molecular complexity index is 848. The van der Waals surface area contributed by atoms with Gasteiger partial charge in [-0.05, 0) is 61.5 Å². The van der Waals surface area contributed by atoms with Crippen LogP contribution in [0.2, 0.25) is 0 Å². The Morgan fingerprint density at radius 1 is 0.606 bits per heavy atom. The molecule has 3 aliphatic carbocycles. The summed E-state index contributed by atoms with van der Waals surface area (Å²) in [7, 11) is 0. The summed E-state index contributed by atoms with van der Waals surface area (Å²) in [5.41, 5.74) is 2.52. The van der Waals surface area contributed by atoms with Gasteiger partial charge in [-0.15, -0.1) is 11.3 Å². The maximum atomic E-state index is 5.06. The fraction of sp³-hybridized carbons (Fsp3) is 0.800. The number of pyridine rings is 1. The molecular weight excluding hydrogens is 420 g/mol. The van der Waals surface area contributed by atoms with E-state index < -0.39 is 0 Å². The van der Waals surface area contributed by atoms with Crippen LogP contribution in [0.25, 0.3) is 10.3 Å². The summed E-state index contributed by atoms with van der Waals surface area (Å²) < 4.78 is 1.35. The highest BCUT2D eigenvalue weighted by atomic mass is 32.1. The third-order valence-electron chi connectivity index (χ3n) is 9.03. The molecule has 3 atom stereocenters. The second-order valence-electron chi connectivity index (χ2n) is 11.6. The summed E-state index contributed by atoms with van der Waals surface area (Å²) in [5.74, 6) is 3.55. The molecule has 3 unspecified atom stereocenters. The van der Waals surface area contributed by atoms with Crippen molar-refractivity contribution in [3.63, 3.8) is 0 Å². The lowest BCUT2D eigenvalue weighted by Gasteiger charge is -2.17. The molecule has 3 aliphatic rings. The van der Waals surface area contributed by atoms with E-state index in [0.717, 1.165) is 17.5 Å². The first-order valence-electron chi connectivity index (χ1n) is 14.6. The zero-order valence-corrected chi connectivity index (χ0v) is 21.7. The zero-order chi connectivity index (χ0) is 22.3. The molecule has 0 bridgehead atoms. The Morgan fingerprint density at radius 2 is 1.12 bits per heavy atom. The summed E-state index contributed by atoms with van der Waals surface area (Å²) in [6, 6.07) is 2.49. The molecule has 182 valence electrons. The average Bonchev–Trinajstić information content (AvgIpc) is 3.44. The highest BCUT2D eigenvalue weighted by molar-refractivity contribution is 7.18. The quantitative estimate of drug-likeness (QED) is 0.440. The minimum atomic E-state index is 0.669. The van der Waals surface area contributed by atoms with Gasteiger partial charge in [0.2, 0.25) is 0 Å². The molecule has 0 aliphatic heterocycles. The largest absolute Gasteiger partial charge is 0.236 e. The van der Waals surface area contributed by atoms with Crippen molar-refractivity contribution in [2.75, 3.05) is 0 Å². The van der Waals surface area contributed by atoms with Crippen LogP contribution in [-0.2, 0) is 0 Å². The first-order chi connectivity index (χ1) is 16.4. The standard InChI is InChI=1S/C30H46N2S/c1-2-4-9-16-24(17-10-5-3-1)30-32-29-28(33-30)21-27(22-31-29)23-14-8-6-7-11-18-25-20-26(25)19-13-12-15-23/h21-26H,1-20H2. The topological polar surface area (TPSA) is 25.8 Å². The number of thiazole rings is 1. The van der Waals surface area contributed by atoms with Crippen LogP contribution in [0.1, 0.15) is 151 Å². The molecule has 2 heterocycles. The summed E-state index contributed by atoms with van der Waals surface area (Å²) in [6.07, 6.45) is 30.6. The maximum absolute atomic E-state index is 5.06. The van der Waals surface area contributed by atoms with E-state index in [4.69, 9.17) is 9.97 Å². The summed E-state index contributed by atoms with van der Waals surface area (Å²) >= 11 is 1.97. The van der Waals surface area contributed by atoms with Gasteiger partial charge < -0.3 is 0 Å². The maximum Gasteiger partial charge on any atom is 0.170 e. The predicted octanol–water partition coefficient (Wildman–Crippen LogP) is 9.93. The van der Waals surface area contributed by atoms with Crippen LogP contribution in [0.5, 0.6) is 0 Å². The molecule has 33 heavy (non-hydrogen) atoms. The number of nitrogens with zero attached hydrogens (tertiary/aromatic N) is 2. The lowest BCUT2D eigenvalue weighted by atomic mass is 9.89. The molecule has 0 amide bonds. The molecule has 0 aromatic carbocycles. The van der Waals surface area contributed by atoms with Gasteiger partial charge in [-0.2, -0.15) is 0 Å². The Balaban J connectivity index is 1.26. The Kier molecular flexibility index (Phi) is 8.74. The van der Waals surface area contributed by atoms with Crippen molar-refractivity contribution in [1.82, 2.24) is 9.97 Å². The SMILES string of the molecule is c1nc2nc(C3CCCCCCCCC3)sc2cc1C1CCCCCCC2CC2CCCC1. The molecule has 0 spiro atoms. The minimum absolute atomic E-state index is 0.669. The highest BCUT2D eigenvalue weighted by Crippen LogP contribution is 2.46. The Labute approximate surface area is 206 Å². The van der Waals surface area contributed by atoms with Crippen molar-refractivity contribution < 1.29 is 0 Å². The van der Waals surface area contributed by atoms with Crippen LogP contribution in [0, 0.1) is 11.8 Å². The van der Waals surface area contributed by atoms with Crippen molar-refractivity contribution >= 4 is 21.7 Å². The average molecular weight is 467 g/mol. The number of rotatable bonds is 2. The van der Waals surface area contributed by atoms with Crippen molar-refractivity contribution in [1.29, 1.82) is 0 Å². The van der Waals surface area contributed by atoms with Crippen LogP contribution in [0.15, 0.2) is 12.3 Å². The number of fused-ring (bicyclic) bond motifs is 2. The molecule has 2 aromatic heterocycles. The lowest BCUT2D eigenvalue weighted by Crippen LogP contribution is -2.01. The van der Waals surface area contributed by atoms with E-state index in [2.05, 4.69) is 12.3 Å². The van der Waals surface area contributed by atoms with Crippen molar-refractivity contribution in [2.45, 2.75) is 140 Å². The molecule has 5 rings (SSSR count). The summed E-state index contributed by atoms with van der Waals surface area (Å²) in [4.78, 5) is 9.97. The van der Waals surface area contributed by atoms with Crippen LogP contribution in [0.3, 0.4) is 0 Å². The van der Waals surface area contributed by atoms with Gasteiger partial charge in [-0.1, -0.05) is 96.3 Å². The van der Waals surface area contributed by atoms with Crippen LogP contribution in [-0.4, -0.2) is 9.97 Å². The number of aromatic nitrogens is 2. The third kappa shape index (κ3) is 6.80. The molecule has 3 saturated carbocycles. The van der Waals surface area contributed by atoms with E-state index in [0.29, 0.717) is 11.8 Å². The van der Waals surface area contributed by atoms with Crippen molar-refractivity contribution in [3.05, 3.63) is 22.8 Å². The minimum Gasteiger partial charge on any atom is -0.236 e. The van der Waals surface area contributed by atoms with Gasteiger partial charge in [-0.3, -0.25) is 0 Å². The van der Waals surface area contributed by atoms with Gasteiger partial charge in [0, 0.05) is 12.1 Å². The van der Waals surface area contributed by atoms with E-state index in [-0.39, 0.29) is 0 Å². The van der Waals surface area contributed by atoms with Crippen LogP contribution < -0.4 is 0 Å². The van der Waals surface area contributed by atoms with Crippen molar-refractivity contribution in [2.24, 2.45) is 11.8 Å². The fourth-order valence-electron chi connectivity index (χ4n) is 6.75. The third-order valence-corrected chi connectivity index (χ3v) is 10.2. The second kappa shape index (κ2) is 12.1. The molecular formula is C30H46N2S. The number of hydrogen-bond acceptors (Lipinski definition) is 3. The van der Waals surface area contributed by atoms with Gasteiger partial charge >= 0.3 is 0 Å². The zero-order valence-electron chi connectivity index (χ0n) is 20.9. The number of hydrogen-bond donors (Lipinski definition) is 0. The van der Waals surface area contributed by atoms with Gasteiger partial charge in [0.05, 0.1) is 9.71 Å². The molecule has 3 fully saturated rings. The summed E-state index contributed by atoms with van der Waals surface area (Å²) in [5, 5.41) is 1.38. The fourth-order valence-corrected chi connectivity index (χ4v) is 7.89. The van der Waals surface area contributed by atoms with Gasteiger partial charge in [0.15, 0.2) is 5.65 Å². The monoisotopic (exact) mass is 466 g/mol. The van der Waals surface area contributed by atoms with Gasteiger partial charge in [0.1, 0.15) is 0 Å². The molecule has 0 saturated heterocycles. The molecule has 2 aromatic rings. The molecule has 0 N–H and O–H groups in total. The first-order valence-corrected chi connectivity index (χ1v) is 15.4. The predicted molar refractivity (Wildman–Crippen MR) is 142 cm³/mol. The van der Waals surface area contributed by atoms with E-state index in [9.17, 15) is 0 Å². The smallest absolute Gasteiger partial charge is 0.170 e. The first kappa shape index (κ1) is 23.8. The Morgan fingerprint density at radius 3 is 1.79 bits per heavy atom. The van der Waals surface area contributed by atoms with Gasteiger partial charge in [-0.25, -0.2) is 9.97 Å². The highest BCUT2D eigenvalue weighted by Gasteiger charge is 2.35. The summed E-state index contributed by atoms with van der Waals surface area (Å²) in [6.45, 7) is 0. The normalized spacial score (nSPS) is 29.4. The van der Waals surface area contributed by atoms with E-state index in [1.54, 1.807) is 6.42 Å². The van der Waals surface area contributed by atoms with Gasteiger partial charge in [0.25, 0.3) is 0 Å². The molecule has 2 nitrogen and oxygen atoms in total.